The lowest BCUT2D eigenvalue weighted by molar-refractivity contribution is -0.137. The fourth-order valence-corrected chi connectivity index (χ4v) is 4.65. The molecule has 1 saturated heterocycles. The van der Waals surface area contributed by atoms with Crippen LogP contribution in [0.2, 0.25) is 0 Å². The van der Waals surface area contributed by atoms with E-state index in [1.807, 2.05) is 0 Å². The molecule has 6 heteroatoms. The molecule has 0 unspecified atom stereocenters. The van der Waals surface area contributed by atoms with Crippen molar-refractivity contribution >= 4 is 23.6 Å². The average molecular weight is 335 g/mol. The SMILES string of the molecule is Cc1nc(SCCN2C(=O)CCC2=O)n(C2CCCCC2)c1C. The zero-order valence-corrected chi connectivity index (χ0v) is 14.8. The number of nitrogens with zero attached hydrogens (tertiary/aromatic N) is 3. The third kappa shape index (κ3) is 3.47. The van der Waals surface area contributed by atoms with E-state index in [-0.39, 0.29) is 11.8 Å². The molecule has 2 aliphatic rings. The van der Waals surface area contributed by atoms with Crippen molar-refractivity contribution in [2.75, 3.05) is 12.3 Å². The van der Waals surface area contributed by atoms with Crippen molar-refractivity contribution in [3.63, 3.8) is 0 Å². The van der Waals surface area contributed by atoms with E-state index in [0.717, 1.165) is 16.6 Å². The predicted octanol–water partition coefficient (Wildman–Crippen LogP) is 3.25. The van der Waals surface area contributed by atoms with Crippen molar-refractivity contribution in [2.45, 2.75) is 70.0 Å². The molecule has 0 radical (unpaired) electrons. The number of likely N-dealkylation sites (tertiary alicyclic amines) is 1. The van der Waals surface area contributed by atoms with Gasteiger partial charge in [0.25, 0.3) is 0 Å². The van der Waals surface area contributed by atoms with Crippen molar-refractivity contribution in [1.29, 1.82) is 0 Å². The van der Waals surface area contributed by atoms with Crippen molar-refractivity contribution < 1.29 is 9.59 Å². The Labute approximate surface area is 141 Å². The summed E-state index contributed by atoms with van der Waals surface area (Å²) in [5, 5.41) is 1.05. The van der Waals surface area contributed by atoms with Gasteiger partial charge in [0.2, 0.25) is 11.8 Å². The molecular weight excluding hydrogens is 310 g/mol. The first-order valence-electron chi connectivity index (χ1n) is 8.59. The van der Waals surface area contributed by atoms with Crippen LogP contribution in [0.4, 0.5) is 0 Å². The van der Waals surface area contributed by atoms with E-state index in [4.69, 9.17) is 4.98 Å². The van der Waals surface area contributed by atoms with Crippen LogP contribution in [-0.4, -0.2) is 38.6 Å². The highest BCUT2D eigenvalue weighted by atomic mass is 32.2. The maximum absolute atomic E-state index is 11.7. The highest BCUT2D eigenvalue weighted by Crippen LogP contribution is 2.34. The van der Waals surface area contributed by atoms with Crippen LogP contribution < -0.4 is 0 Å². The lowest BCUT2D eigenvalue weighted by atomic mass is 9.95. The number of hydrogen-bond acceptors (Lipinski definition) is 4. The van der Waals surface area contributed by atoms with E-state index in [0.29, 0.717) is 25.4 Å². The minimum atomic E-state index is -0.0291. The number of hydrogen-bond donors (Lipinski definition) is 0. The van der Waals surface area contributed by atoms with E-state index in [2.05, 4.69) is 18.4 Å². The second kappa shape index (κ2) is 7.07. The number of carbonyl (C=O) groups is 2. The summed E-state index contributed by atoms with van der Waals surface area (Å²) in [7, 11) is 0. The Bertz CT molecular complexity index is 589. The topological polar surface area (TPSA) is 55.2 Å². The summed E-state index contributed by atoms with van der Waals surface area (Å²) in [6.07, 6.45) is 7.13. The smallest absolute Gasteiger partial charge is 0.229 e. The van der Waals surface area contributed by atoms with Crippen molar-refractivity contribution in [3.8, 4) is 0 Å². The van der Waals surface area contributed by atoms with Crippen LogP contribution in [-0.2, 0) is 9.59 Å². The van der Waals surface area contributed by atoms with Gasteiger partial charge in [-0.15, -0.1) is 0 Å². The lowest BCUT2D eigenvalue weighted by Gasteiger charge is -2.26. The Morgan fingerprint density at radius 1 is 1.09 bits per heavy atom. The molecule has 1 aromatic rings. The molecular formula is C17H25N3O2S. The molecule has 126 valence electrons. The van der Waals surface area contributed by atoms with Gasteiger partial charge in [0.15, 0.2) is 5.16 Å². The van der Waals surface area contributed by atoms with Gasteiger partial charge in [0, 0.05) is 36.9 Å². The van der Waals surface area contributed by atoms with Crippen molar-refractivity contribution in [3.05, 3.63) is 11.4 Å². The van der Waals surface area contributed by atoms with E-state index >= 15 is 0 Å². The highest BCUT2D eigenvalue weighted by molar-refractivity contribution is 7.99. The number of imidazole rings is 1. The molecule has 1 aromatic heterocycles. The van der Waals surface area contributed by atoms with Gasteiger partial charge in [-0.1, -0.05) is 31.0 Å². The van der Waals surface area contributed by atoms with E-state index in [9.17, 15) is 9.59 Å². The third-order valence-electron chi connectivity index (χ3n) is 5.00. The Hall–Kier alpha value is -1.30. The van der Waals surface area contributed by atoms with Gasteiger partial charge in [-0.3, -0.25) is 14.5 Å². The van der Waals surface area contributed by atoms with Crippen molar-refractivity contribution in [1.82, 2.24) is 14.5 Å². The van der Waals surface area contributed by atoms with Gasteiger partial charge in [0.1, 0.15) is 0 Å². The second-order valence-corrected chi connectivity index (χ2v) is 7.58. The Kier molecular flexibility index (Phi) is 5.09. The molecule has 2 heterocycles. The van der Waals surface area contributed by atoms with Crippen LogP contribution in [0, 0.1) is 13.8 Å². The first-order valence-corrected chi connectivity index (χ1v) is 9.58. The van der Waals surface area contributed by atoms with Gasteiger partial charge in [-0.05, 0) is 26.7 Å². The molecule has 0 spiro atoms. The minimum Gasteiger partial charge on any atom is -0.320 e. The van der Waals surface area contributed by atoms with Crippen LogP contribution in [0.3, 0.4) is 0 Å². The Balaban J connectivity index is 1.66. The molecule has 2 amide bonds. The van der Waals surface area contributed by atoms with Crippen LogP contribution in [0.15, 0.2) is 5.16 Å². The van der Waals surface area contributed by atoms with Gasteiger partial charge >= 0.3 is 0 Å². The fourth-order valence-electron chi connectivity index (χ4n) is 3.57. The van der Waals surface area contributed by atoms with E-state index in [1.54, 1.807) is 11.8 Å². The Morgan fingerprint density at radius 3 is 2.39 bits per heavy atom. The molecule has 0 N–H and O–H groups in total. The second-order valence-electron chi connectivity index (χ2n) is 6.51. The number of aryl methyl sites for hydroxylation is 1. The number of imide groups is 1. The Morgan fingerprint density at radius 2 is 1.74 bits per heavy atom. The lowest BCUT2D eigenvalue weighted by Crippen LogP contribution is -2.31. The molecule has 0 aromatic carbocycles. The largest absolute Gasteiger partial charge is 0.320 e. The van der Waals surface area contributed by atoms with Crippen LogP contribution >= 0.6 is 11.8 Å². The zero-order valence-electron chi connectivity index (χ0n) is 14.0. The van der Waals surface area contributed by atoms with Crippen LogP contribution in [0.5, 0.6) is 0 Å². The summed E-state index contributed by atoms with van der Waals surface area (Å²) in [6.45, 7) is 4.71. The number of aromatic nitrogens is 2. The first kappa shape index (κ1) is 16.6. The summed E-state index contributed by atoms with van der Waals surface area (Å²) in [5.74, 6) is 0.664. The molecule has 3 rings (SSSR count). The molecule has 1 aliphatic carbocycles. The number of carbonyl (C=O) groups excluding carboxylic acids is 2. The van der Waals surface area contributed by atoms with Gasteiger partial charge in [-0.2, -0.15) is 0 Å². The molecule has 1 aliphatic heterocycles. The summed E-state index contributed by atoms with van der Waals surface area (Å²) in [6, 6.07) is 0.558. The number of amides is 2. The van der Waals surface area contributed by atoms with Gasteiger partial charge in [0.05, 0.1) is 5.69 Å². The molecule has 0 bridgehead atoms. The summed E-state index contributed by atoms with van der Waals surface area (Å²) < 4.78 is 2.40. The number of rotatable bonds is 5. The predicted molar refractivity (Wildman–Crippen MR) is 90.5 cm³/mol. The highest BCUT2D eigenvalue weighted by Gasteiger charge is 2.28. The van der Waals surface area contributed by atoms with E-state index in [1.165, 1.54) is 42.7 Å². The van der Waals surface area contributed by atoms with Crippen LogP contribution in [0.25, 0.3) is 0 Å². The summed E-state index contributed by atoms with van der Waals surface area (Å²) in [5.41, 5.74) is 2.35. The molecule has 23 heavy (non-hydrogen) atoms. The number of thioether (sulfide) groups is 1. The van der Waals surface area contributed by atoms with Crippen molar-refractivity contribution in [2.24, 2.45) is 0 Å². The summed E-state index contributed by atoms with van der Waals surface area (Å²) in [4.78, 5) is 29.5. The van der Waals surface area contributed by atoms with Gasteiger partial charge < -0.3 is 4.57 Å². The standard InChI is InChI=1S/C17H25N3O2S/c1-12-13(2)20(14-6-4-3-5-7-14)17(18-12)23-11-10-19-15(21)8-9-16(19)22/h14H,3-11H2,1-2H3. The first-order chi connectivity index (χ1) is 11.1. The average Bonchev–Trinajstić information content (AvgIpc) is 3.01. The fraction of sp³-hybridized carbons (Fsp3) is 0.706. The molecule has 5 nitrogen and oxygen atoms in total. The monoisotopic (exact) mass is 335 g/mol. The molecule has 2 fully saturated rings. The van der Waals surface area contributed by atoms with E-state index < -0.39 is 0 Å². The quantitative estimate of drug-likeness (QED) is 0.612. The zero-order chi connectivity index (χ0) is 16.4. The third-order valence-corrected chi connectivity index (χ3v) is 5.93. The normalized spacial score (nSPS) is 19.8. The molecule has 1 saturated carbocycles. The maximum atomic E-state index is 11.7. The van der Waals surface area contributed by atoms with Gasteiger partial charge in [-0.25, -0.2) is 4.98 Å². The maximum Gasteiger partial charge on any atom is 0.229 e. The molecule has 0 atom stereocenters. The summed E-state index contributed by atoms with van der Waals surface area (Å²) >= 11 is 1.67. The van der Waals surface area contributed by atoms with Crippen LogP contribution in [0.1, 0.15) is 62.4 Å². The minimum absolute atomic E-state index is 0.0291.